The smallest absolute Gasteiger partial charge is 0.253 e. The predicted octanol–water partition coefficient (Wildman–Crippen LogP) is 2.29. The molecule has 1 aliphatic heterocycles. The molecule has 1 heterocycles. The van der Waals surface area contributed by atoms with Gasteiger partial charge in [-0.1, -0.05) is 19.1 Å². The summed E-state index contributed by atoms with van der Waals surface area (Å²) >= 11 is 0. The lowest BCUT2D eigenvalue weighted by Crippen LogP contribution is -2.48. The van der Waals surface area contributed by atoms with Crippen molar-refractivity contribution in [3.63, 3.8) is 0 Å². The highest BCUT2D eigenvalue weighted by molar-refractivity contribution is 7.89. The number of rotatable bonds is 7. The predicted molar refractivity (Wildman–Crippen MR) is 116 cm³/mol. The highest BCUT2D eigenvalue weighted by Gasteiger charge is 2.23. The zero-order valence-corrected chi connectivity index (χ0v) is 18.6. The molecule has 0 aliphatic carbocycles. The van der Waals surface area contributed by atoms with Crippen LogP contribution in [0.4, 0.5) is 0 Å². The number of piperazine rings is 1. The first-order chi connectivity index (χ1) is 14.3. The Balaban J connectivity index is 1.64. The van der Waals surface area contributed by atoms with Crippen molar-refractivity contribution in [1.82, 2.24) is 14.1 Å². The van der Waals surface area contributed by atoms with Gasteiger partial charge in [-0.15, -0.1) is 0 Å². The van der Waals surface area contributed by atoms with Gasteiger partial charge in [0.25, 0.3) is 5.91 Å². The molecule has 1 fully saturated rings. The number of benzene rings is 2. The van der Waals surface area contributed by atoms with E-state index in [2.05, 4.69) is 11.8 Å². The number of hydrogen-bond donors (Lipinski definition) is 0. The zero-order valence-electron chi connectivity index (χ0n) is 17.7. The maximum Gasteiger partial charge on any atom is 0.253 e. The minimum absolute atomic E-state index is 0.0245. The molecule has 1 aliphatic rings. The van der Waals surface area contributed by atoms with Crippen LogP contribution in [0.15, 0.2) is 53.4 Å². The number of methoxy groups -OCH3 is 1. The van der Waals surface area contributed by atoms with E-state index in [1.54, 1.807) is 31.3 Å². The Morgan fingerprint density at radius 3 is 2.13 bits per heavy atom. The first kappa shape index (κ1) is 22.3. The van der Waals surface area contributed by atoms with E-state index in [0.717, 1.165) is 38.3 Å². The molecule has 1 saturated heterocycles. The van der Waals surface area contributed by atoms with Crippen LogP contribution in [0.2, 0.25) is 0 Å². The number of carbonyl (C=O) groups is 1. The molecule has 0 bridgehead atoms. The largest absolute Gasteiger partial charge is 0.497 e. The van der Waals surface area contributed by atoms with E-state index < -0.39 is 10.0 Å². The third-order valence-corrected chi connectivity index (χ3v) is 7.30. The molecule has 0 atom stereocenters. The van der Waals surface area contributed by atoms with E-state index in [-0.39, 0.29) is 17.3 Å². The van der Waals surface area contributed by atoms with Gasteiger partial charge in [0.05, 0.1) is 12.0 Å². The summed E-state index contributed by atoms with van der Waals surface area (Å²) in [6.45, 7) is 6.61. The fourth-order valence-corrected chi connectivity index (χ4v) is 4.63. The minimum Gasteiger partial charge on any atom is -0.497 e. The summed E-state index contributed by atoms with van der Waals surface area (Å²) in [6, 6.07) is 13.5. The number of ether oxygens (including phenoxy) is 1. The Bertz CT molecular complexity index is 951. The molecule has 0 spiro atoms. The molecule has 0 unspecified atom stereocenters. The van der Waals surface area contributed by atoms with Crippen LogP contribution in [0.25, 0.3) is 0 Å². The Morgan fingerprint density at radius 1 is 1.00 bits per heavy atom. The monoisotopic (exact) mass is 431 g/mol. The first-order valence-corrected chi connectivity index (χ1v) is 11.5. The van der Waals surface area contributed by atoms with Crippen LogP contribution >= 0.6 is 0 Å². The molecule has 30 heavy (non-hydrogen) atoms. The van der Waals surface area contributed by atoms with Gasteiger partial charge >= 0.3 is 0 Å². The fourth-order valence-electron chi connectivity index (χ4n) is 3.47. The van der Waals surface area contributed by atoms with Gasteiger partial charge in [-0.05, 0) is 48.5 Å². The van der Waals surface area contributed by atoms with Crippen LogP contribution in [-0.4, -0.2) is 75.3 Å². The molecular weight excluding hydrogens is 402 g/mol. The van der Waals surface area contributed by atoms with Crippen LogP contribution in [0.3, 0.4) is 0 Å². The molecule has 2 aromatic rings. The van der Waals surface area contributed by atoms with Gasteiger partial charge in [-0.2, -0.15) is 4.31 Å². The molecule has 0 aromatic heterocycles. The Kier molecular flexibility index (Phi) is 7.12. The van der Waals surface area contributed by atoms with Crippen LogP contribution < -0.4 is 4.74 Å². The Hall–Kier alpha value is -2.42. The van der Waals surface area contributed by atoms with Gasteiger partial charge in [-0.25, -0.2) is 8.42 Å². The van der Waals surface area contributed by atoms with Crippen LogP contribution in [0.5, 0.6) is 5.75 Å². The molecule has 7 nitrogen and oxygen atoms in total. The molecule has 0 saturated carbocycles. The molecular formula is C22H29N3O4S. The second-order valence-corrected chi connectivity index (χ2v) is 9.40. The summed E-state index contributed by atoms with van der Waals surface area (Å²) in [5.74, 6) is 0.629. The zero-order chi connectivity index (χ0) is 21.7. The summed E-state index contributed by atoms with van der Waals surface area (Å²) < 4.78 is 32.0. The van der Waals surface area contributed by atoms with Gasteiger partial charge in [0, 0.05) is 45.3 Å². The van der Waals surface area contributed by atoms with E-state index in [1.165, 1.54) is 23.5 Å². The topological polar surface area (TPSA) is 70.2 Å². The standard InChI is InChI=1S/C22H29N3O4S/c1-4-24-13-15-25(16-14-24)22(26)19-7-5-18(6-8-19)17-23(2)30(27,28)21-11-9-20(29-3)10-12-21/h5-12H,4,13-17H2,1-3H3. The van der Waals surface area contributed by atoms with Crippen molar-refractivity contribution < 1.29 is 17.9 Å². The molecule has 3 rings (SSSR count). The number of amides is 1. The normalized spacial score (nSPS) is 15.4. The van der Waals surface area contributed by atoms with Crippen molar-refractivity contribution >= 4 is 15.9 Å². The lowest BCUT2D eigenvalue weighted by atomic mass is 10.1. The summed E-state index contributed by atoms with van der Waals surface area (Å²) in [7, 11) is -0.531. The first-order valence-electron chi connectivity index (χ1n) is 10.1. The number of nitrogens with zero attached hydrogens (tertiary/aromatic N) is 3. The van der Waals surface area contributed by atoms with E-state index in [4.69, 9.17) is 4.74 Å². The third kappa shape index (κ3) is 5.00. The summed E-state index contributed by atoms with van der Waals surface area (Å²) in [5, 5.41) is 0. The highest BCUT2D eigenvalue weighted by atomic mass is 32.2. The number of carbonyl (C=O) groups excluding carboxylic acids is 1. The molecule has 1 amide bonds. The number of hydrogen-bond acceptors (Lipinski definition) is 5. The average molecular weight is 432 g/mol. The second kappa shape index (κ2) is 9.59. The fraction of sp³-hybridized carbons (Fsp3) is 0.409. The Labute approximate surface area is 178 Å². The quantitative estimate of drug-likeness (QED) is 0.673. The molecule has 0 N–H and O–H groups in total. The lowest BCUT2D eigenvalue weighted by Gasteiger charge is -2.34. The van der Waals surface area contributed by atoms with Crippen molar-refractivity contribution in [3.05, 3.63) is 59.7 Å². The van der Waals surface area contributed by atoms with Crippen molar-refractivity contribution in [2.75, 3.05) is 46.9 Å². The maximum absolute atomic E-state index is 12.8. The summed E-state index contributed by atoms with van der Waals surface area (Å²) in [5.41, 5.74) is 1.45. The van der Waals surface area contributed by atoms with Crippen molar-refractivity contribution in [1.29, 1.82) is 0 Å². The van der Waals surface area contributed by atoms with Gasteiger partial charge in [-0.3, -0.25) is 4.79 Å². The van der Waals surface area contributed by atoms with E-state index >= 15 is 0 Å². The highest BCUT2D eigenvalue weighted by Crippen LogP contribution is 2.20. The van der Waals surface area contributed by atoms with Gasteiger partial charge in [0.1, 0.15) is 5.75 Å². The lowest BCUT2D eigenvalue weighted by molar-refractivity contribution is 0.0643. The average Bonchev–Trinajstić information content (AvgIpc) is 2.79. The van der Waals surface area contributed by atoms with Gasteiger partial charge in [0.2, 0.25) is 10.0 Å². The molecule has 162 valence electrons. The van der Waals surface area contributed by atoms with Crippen LogP contribution in [-0.2, 0) is 16.6 Å². The van der Waals surface area contributed by atoms with Crippen molar-refractivity contribution in [3.8, 4) is 5.75 Å². The van der Waals surface area contributed by atoms with E-state index in [0.29, 0.717) is 11.3 Å². The van der Waals surface area contributed by atoms with E-state index in [1.807, 2.05) is 17.0 Å². The second-order valence-electron chi connectivity index (χ2n) is 7.36. The minimum atomic E-state index is -3.62. The summed E-state index contributed by atoms with van der Waals surface area (Å²) in [4.78, 5) is 17.1. The van der Waals surface area contributed by atoms with E-state index in [9.17, 15) is 13.2 Å². The van der Waals surface area contributed by atoms with Gasteiger partial charge in [0.15, 0.2) is 0 Å². The summed E-state index contributed by atoms with van der Waals surface area (Å²) in [6.07, 6.45) is 0. The van der Waals surface area contributed by atoms with Crippen LogP contribution in [0.1, 0.15) is 22.8 Å². The maximum atomic E-state index is 12.8. The number of likely N-dealkylation sites (N-methyl/N-ethyl adjacent to an activating group) is 1. The van der Waals surface area contributed by atoms with Crippen molar-refractivity contribution in [2.45, 2.75) is 18.4 Å². The SMILES string of the molecule is CCN1CCN(C(=O)c2ccc(CN(C)S(=O)(=O)c3ccc(OC)cc3)cc2)CC1. The van der Waals surface area contributed by atoms with Crippen LogP contribution in [0, 0.1) is 0 Å². The Morgan fingerprint density at radius 2 is 1.60 bits per heavy atom. The van der Waals surface area contributed by atoms with Gasteiger partial charge < -0.3 is 14.5 Å². The molecule has 2 aromatic carbocycles. The number of sulfonamides is 1. The third-order valence-electron chi connectivity index (χ3n) is 5.48. The van der Waals surface area contributed by atoms with Crippen molar-refractivity contribution in [2.24, 2.45) is 0 Å². The molecule has 8 heteroatoms. The molecule has 0 radical (unpaired) electrons.